The fourth-order valence-electron chi connectivity index (χ4n) is 5.97. The maximum atomic E-state index is 13.5. The number of halogens is 4. The zero-order chi connectivity index (χ0) is 29.5. The van der Waals surface area contributed by atoms with Crippen molar-refractivity contribution in [2.24, 2.45) is 5.41 Å². The van der Waals surface area contributed by atoms with E-state index in [-0.39, 0.29) is 46.4 Å². The summed E-state index contributed by atoms with van der Waals surface area (Å²) < 4.78 is 65.9. The Morgan fingerprint density at radius 3 is 2.74 bits per heavy atom. The number of amides is 1. The third-order valence-corrected chi connectivity index (χ3v) is 7.93. The van der Waals surface area contributed by atoms with Crippen LogP contribution in [0.2, 0.25) is 0 Å². The van der Waals surface area contributed by atoms with Crippen molar-refractivity contribution in [3.05, 3.63) is 59.8 Å². The van der Waals surface area contributed by atoms with Gasteiger partial charge in [0, 0.05) is 43.0 Å². The minimum Gasteiger partial charge on any atom is -0.486 e. The summed E-state index contributed by atoms with van der Waals surface area (Å²) >= 11 is 0. The number of ether oxygens (including phenoxy) is 2. The number of nitrogens with zero attached hydrogens (tertiary/aromatic N) is 4. The monoisotopic (exact) mass is 586 g/mol. The van der Waals surface area contributed by atoms with Crippen molar-refractivity contribution in [1.82, 2.24) is 25.6 Å². The van der Waals surface area contributed by atoms with Gasteiger partial charge in [0.05, 0.1) is 23.9 Å². The smallest absolute Gasteiger partial charge is 0.418 e. The van der Waals surface area contributed by atoms with E-state index < -0.39 is 17.6 Å². The molecule has 1 aliphatic carbocycles. The summed E-state index contributed by atoms with van der Waals surface area (Å²) in [5.74, 6) is -0.450. The third kappa shape index (κ3) is 5.57. The Morgan fingerprint density at radius 1 is 1.21 bits per heavy atom. The highest BCUT2D eigenvalue weighted by atomic mass is 19.4. The lowest BCUT2D eigenvalue weighted by atomic mass is 9.61. The first-order valence-electron chi connectivity index (χ1n) is 13.9. The van der Waals surface area contributed by atoms with E-state index >= 15 is 0 Å². The van der Waals surface area contributed by atoms with Gasteiger partial charge < -0.3 is 25.0 Å². The molecule has 4 heterocycles. The first-order valence-corrected chi connectivity index (χ1v) is 13.9. The Morgan fingerprint density at radius 2 is 2.02 bits per heavy atom. The summed E-state index contributed by atoms with van der Waals surface area (Å²) in [7, 11) is 0. The molecule has 42 heavy (non-hydrogen) atoms. The van der Waals surface area contributed by atoms with Crippen LogP contribution in [0.4, 0.5) is 23.2 Å². The van der Waals surface area contributed by atoms with Crippen LogP contribution in [0.3, 0.4) is 0 Å². The van der Waals surface area contributed by atoms with Crippen LogP contribution in [0.5, 0.6) is 11.6 Å². The Kier molecular flexibility index (Phi) is 7.37. The van der Waals surface area contributed by atoms with Crippen molar-refractivity contribution in [3.63, 3.8) is 0 Å². The van der Waals surface area contributed by atoms with E-state index in [1.54, 1.807) is 23.2 Å². The van der Waals surface area contributed by atoms with Crippen LogP contribution in [0.1, 0.15) is 42.2 Å². The molecule has 3 aromatic rings. The molecule has 222 valence electrons. The number of aromatic nitrogens is 3. The van der Waals surface area contributed by atoms with Gasteiger partial charge in [-0.1, -0.05) is 0 Å². The number of nitrogens with one attached hydrogen (secondary N) is 2. The van der Waals surface area contributed by atoms with E-state index in [0.717, 1.165) is 19.0 Å². The van der Waals surface area contributed by atoms with Crippen LogP contribution >= 0.6 is 0 Å². The van der Waals surface area contributed by atoms with Crippen molar-refractivity contribution in [2.75, 3.05) is 37.7 Å². The van der Waals surface area contributed by atoms with Gasteiger partial charge in [-0.2, -0.15) is 13.2 Å². The van der Waals surface area contributed by atoms with E-state index in [1.807, 2.05) is 6.92 Å². The summed E-state index contributed by atoms with van der Waals surface area (Å²) in [5, 5.41) is 6.22. The van der Waals surface area contributed by atoms with Gasteiger partial charge in [0.1, 0.15) is 11.9 Å². The molecule has 0 radical (unpaired) electrons. The van der Waals surface area contributed by atoms with Crippen LogP contribution in [-0.2, 0) is 6.18 Å². The highest BCUT2D eigenvalue weighted by molar-refractivity contribution is 5.95. The zero-order valence-corrected chi connectivity index (χ0v) is 22.9. The van der Waals surface area contributed by atoms with E-state index in [4.69, 9.17) is 9.47 Å². The van der Waals surface area contributed by atoms with Gasteiger partial charge in [0.25, 0.3) is 5.91 Å². The van der Waals surface area contributed by atoms with Crippen molar-refractivity contribution in [1.29, 1.82) is 0 Å². The molecule has 9 nitrogen and oxygen atoms in total. The maximum Gasteiger partial charge on any atom is 0.418 e. The highest BCUT2D eigenvalue weighted by Gasteiger charge is 2.54. The van der Waals surface area contributed by atoms with Gasteiger partial charge in [0.2, 0.25) is 5.88 Å². The molecular formula is C29H30F4N6O3. The number of benzene rings is 1. The fraction of sp³-hybridized carbons (Fsp3) is 0.448. The van der Waals surface area contributed by atoms with Crippen molar-refractivity contribution >= 4 is 11.6 Å². The molecule has 2 aromatic heterocycles. The fourth-order valence-corrected chi connectivity index (χ4v) is 5.97. The number of carbonyl (C=O) groups is 1. The van der Waals surface area contributed by atoms with Gasteiger partial charge in [-0.25, -0.2) is 19.3 Å². The number of rotatable bonds is 8. The second-order valence-corrected chi connectivity index (χ2v) is 11.0. The summed E-state index contributed by atoms with van der Waals surface area (Å²) in [5.41, 5.74) is -0.571. The quantitative estimate of drug-likeness (QED) is 0.379. The molecule has 1 amide bonds. The number of carbonyl (C=O) groups excluding carboxylic acids is 1. The average Bonchev–Trinajstić information content (AvgIpc) is 3.43. The van der Waals surface area contributed by atoms with Crippen molar-refractivity contribution in [2.45, 2.75) is 44.5 Å². The van der Waals surface area contributed by atoms with Gasteiger partial charge in [-0.05, 0) is 63.1 Å². The molecule has 0 bridgehead atoms. The molecule has 13 heteroatoms. The van der Waals surface area contributed by atoms with Crippen molar-refractivity contribution in [3.8, 4) is 23.0 Å². The Hall–Kier alpha value is -4.00. The van der Waals surface area contributed by atoms with E-state index in [9.17, 15) is 22.4 Å². The van der Waals surface area contributed by atoms with Crippen molar-refractivity contribution < 1.29 is 31.8 Å². The number of hydrogen-bond donors (Lipinski definition) is 2. The number of alkyl halides is 3. The molecule has 6 rings (SSSR count). The molecule has 3 fully saturated rings. The topological polar surface area (TPSA) is 102 Å². The average molecular weight is 587 g/mol. The lowest BCUT2D eigenvalue weighted by Gasteiger charge is -2.59. The van der Waals surface area contributed by atoms with E-state index in [0.29, 0.717) is 56.6 Å². The lowest BCUT2D eigenvalue weighted by Crippen LogP contribution is -2.65. The predicted molar refractivity (Wildman–Crippen MR) is 145 cm³/mol. The summed E-state index contributed by atoms with van der Waals surface area (Å²) in [6.45, 7) is 4.50. The van der Waals surface area contributed by atoms with Crippen LogP contribution < -0.4 is 25.0 Å². The van der Waals surface area contributed by atoms with Gasteiger partial charge >= 0.3 is 6.18 Å². The number of pyridine rings is 1. The molecular weight excluding hydrogens is 556 g/mol. The van der Waals surface area contributed by atoms with Gasteiger partial charge in [-0.15, -0.1) is 0 Å². The highest BCUT2D eigenvalue weighted by Crippen LogP contribution is 2.52. The van der Waals surface area contributed by atoms with Gasteiger partial charge in [0.15, 0.2) is 17.3 Å². The molecule has 3 aliphatic rings. The SMILES string of the molecule is CCOc1ncccc1-c1ncc(OC2CC3(C2)CN(c2ccc(F)cc2C(F)(F)F)C3)c(C(=O)NC2CCNC2)n1. The minimum absolute atomic E-state index is 0.0231. The molecule has 2 saturated heterocycles. The third-order valence-electron chi connectivity index (χ3n) is 7.93. The summed E-state index contributed by atoms with van der Waals surface area (Å²) in [4.78, 5) is 28.2. The number of anilines is 1. The molecule has 1 spiro atoms. The Balaban J connectivity index is 1.17. The molecule has 1 aromatic carbocycles. The van der Waals surface area contributed by atoms with Crippen LogP contribution in [0, 0.1) is 11.2 Å². The van der Waals surface area contributed by atoms with E-state index in [1.165, 1.54) is 12.3 Å². The zero-order valence-electron chi connectivity index (χ0n) is 22.9. The first-order chi connectivity index (χ1) is 20.1. The molecule has 1 saturated carbocycles. The molecule has 1 atom stereocenters. The second-order valence-electron chi connectivity index (χ2n) is 11.0. The van der Waals surface area contributed by atoms with Crippen LogP contribution in [0.25, 0.3) is 11.4 Å². The second kappa shape index (κ2) is 11.0. The number of hydrogen-bond acceptors (Lipinski definition) is 8. The van der Waals surface area contributed by atoms with Crippen LogP contribution in [0.15, 0.2) is 42.7 Å². The Labute approximate surface area is 239 Å². The summed E-state index contributed by atoms with van der Waals surface area (Å²) in [6, 6.07) is 6.22. The molecule has 1 unspecified atom stereocenters. The summed E-state index contributed by atoms with van der Waals surface area (Å²) in [6.07, 6.45) is 0.149. The molecule has 2 N–H and O–H groups in total. The molecule has 2 aliphatic heterocycles. The normalized spacial score (nSPS) is 19.7. The predicted octanol–water partition coefficient (Wildman–Crippen LogP) is 4.23. The van der Waals surface area contributed by atoms with Gasteiger partial charge in [-0.3, -0.25) is 4.79 Å². The largest absolute Gasteiger partial charge is 0.486 e. The first kappa shape index (κ1) is 28.1. The minimum atomic E-state index is -4.65. The lowest BCUT2D eigenvalue weighted by molar-refractivity contribution is -0.137. The Bertz CT molecular complexity index is 1470. The standard InChI is InChI=1S/C29H30F4N6O3/c1-2-41-27-20(4-3-8-35-27)25-36-14-23(24(38-25)26(40)37-18-7-9-34-13-18)42-19-11-28(12-19)15-39(16-28)22-6-5-17(30)10-21(22)29(31,32)33/h3-6,8,10,14,18-19,34H,2,7,9,11-13,15-16H2,1H3,(H,37,40). The maximum absolute atomic E-state index is 13.5. The van der Waals surface area contributed by atoms with Crippen LogP contribution in [-0.4, -0.2) is 65.8 Å². The van der Waals surface area contributed by atoms with E-state index in [2.05, 4.69) is 25.6 Å².